The molecule has 0 amide bonds. The Labute approximate surface area is 318 Å². The molecule has 0 atom stereocenters. The van der Waals surface area contributed by atoms with Crippen LogP contribution in [0, 0.1) is 23.3 Å². The third-order valence-corrected chi connectivity index (χ3v) is 14.9. The highest BCUT2D eigenvalue weighted by Gasteiger charge is 2.44. The summed E-state index contributed by atoms with van der Waals surface area (Å²) in [6.07, 6.45) is 3.00. The van der Waals surface area contributed by atoms with Gasteiger partial charge in [-0.2, -0.15) is 0 Å². The predicted octanol–water partition coefficient (Wildman–Crippen LogP) is 10.8. The van der Waals surface area contributed by atoms with E-state index in [2.05, 4.69) is 0 Å². The average molecular weight is 801 g/mol. The van der Waals surface area contributed by atoms with Gasteiger partial charge in [0.2, 0.25) is 23.1 Å². The van der Waals surface area contributed by atoms with Crippen molar-refractivity contribution in [2.24, 2.45) is 0 Å². The van der Waals surface area contributed by atoms with Crippen LogP contribution in [-0.2, 0) is 20.8 Å². The summed E-state index contributed by atoms with van der Waals surface area (Å²) in [6.45, 7) is 7.67. The minimum Gasteiger partial charge on any atom is -0.480 e. The number of carbonyl (C=O) groups is 4. The van der Waals surface area contributed by atoms with E-state index in [0.29, 0.717) is 33.4 Å². The van der Waals surface area contributed by atoms with Gasteiger partial charge in [-0.25, -0.2) is 17.6 Å². The van der Waals surface area contributed by atoms with Crippen LogP contribution in [0.2, 0.25) is 0 Å². The molecule has 0 N–H and O–H groups in total. The lowest BCUT2D eigenvalue weighted by Gasteiger charge is -2.31. The van der Waals surface area contributed by atoms with Crippen LogP contribution in [0.5, 0.6) is 11.5 Å². The molecule has 0 spiro atoms. The predicted molar refractivity (Wildman–Crippen MR) is 201 cm³/mol. The van der Waals surface area contributed by atoms with Crippen LogP contribution in [0.25, 0.3) is 52.2 Å². The Balaban J connectivity index is 1.08. The van der Waals surface area contributed by atoms with Crippen LogP contribution < -0.4 is 9.47 Å². The number of ether oxygens (including phenoxy) is 2. The van der Waals surface area contributed by atoms with Crippen molar-refractivity contribution in [2.75, 3.05) is 0 Å². The van der Waals surface area contributed by atoms with Gasteiger partial charge in [0.25, 0.3) is 0 Å². The molecule has 2 aliphatic carbocycles. The molecular formula is C40H20F4O6S4. The molecule has 0 fully saturated rings. The first-order valence-corrected chi connectivity index (χ1v) is 19.7. The van der Waals surface area contributed by atoms with Gasteiger partial charge in [-0.3, -0.25) is 19.2 Å². The van der Waals surface area contributed by atoms with Gasteiger partial charge < -0.3 is 9.47 Å². The summed E-state index contributed by atoms with van der Waals surface area (Å²) >= 11 is 5.73. The lowest BCUT2D eigenvalue weighted by Crippen LogP contribution is -2.27. The molecule has 14 heteroatoms. The summed E-state index contributed by atoms with van der Waals surface area (Å²) in [6, 6.07) is 6.91. The number of rotatable bonds is 2. The smallest absolute Gasteiger partial charge is 0.237 e. The molecule has 2 aromatic carbocycles. The van der Waals surface area contributed by atoms with Crippen LogP contribution in [0.3, 0.4) is 0 Å². The fourth-order valence-corrected chi connectivity index (χ4v) is 12.9. The molecule has 0 unspecified atom stereocenters. The summed E-state index contributed by atoms with van der Waals surface area (Å²) in [5.74, 6) is -6.44. The van der Waals surface area contributed by atoms with Crippen molar-refractivity contribution in [1.82, 2.24) is 0 Å². The first-order chi connectivity index (χ1) is 25.5. The van der Waals surface area contributed by atoms with Crippen molar-refractivity contribution in [2.45, 2.75) is 38.9 Å². The Kier molecular flexibility index (Phi) is 6.71. The zero-order valence-corrected chi connectivity index (χ0v) is 31.5. The molecule has 6 aromatic rings. The van der Waals surface area contributed by atoms with Crippen molar-refractivity contribution in [3.8, 4) is 31.0 Å². The van der Waals surface area contributed by atoms with Gasteiger partial charge in [-0.05, 0) is 64.1 Å². The number of ketones is 4. The van der Waals surface area contributed by atoms with E-state index in [0.717, 1.165) is 52.2 Å². The Morgan fingerprint density at radius 2 is 0.907 bits per heavy atom. The van der Waals surface area contributed by atoms with Crippen molar-refractivity contribution in [3.63, 3.8) is 0 Å². The molecule has 4 aliphatic rings. The second-order valence-electron chi connectivity index (χ2n) is 14.2. The van der Waals surface area contributed by atoms with Crippen molar-refractivity contribution < 1.29 is 46.2 Å². The second-order valence-corrected chi connectivity index (χ2v) is 18.4. The Morgan fingerprint density at radius 1 is 0.519 bits per heavy atom. The zero-order chi connectivity index (χ0) is 37.9. The van der Waals surface area contributed by atoms with Crippen molar-refractivity contribution in [3.05, 3.63) is 103 Å². The molecule has 0 bridgehead atoms. The number of benzene rings is 2. The fourth-order valence-electron chi connectivity index (χ4n) is 7.51. The average Bonchev–Trinajstić information content (AvgIpc) is 3.92. The highest BCUT2D eigenvalue weighted by molar-refractivity contribution is 7.35. The fraction of sp³-hybridized carbons (Fsp3) is 0.150. The molecule has 2 aliphatic heterocycles. The van der Waals surface area contributed by atoms with E-state index in [1.54, 1.807) is 0 Å². The van der Waals surface area contributed by atoms with E-state index in [1.165, 1.54) is 57.5 Å². The van der Waals surface area contributed by atoms with Gasteiger partial charge in [0.15, 0.2) is 11.5 Å². The zero-order valence-electron chi connectivity index (χ0n) is 28.2. The van der Waals surface area contributed by atoms with E-state index < -0.39 is 68.7 Å². The largest absolute Gasteiger partial charge is 0.480 e. The van der Waals surface area contributed by atoms with Gasteiger partial charge in [-0.1, -0.05) is 0 Å². The third-order valence-electron chi connectivity index (χ3n) is 9.99. The minimum absolute atomic E-state index is 0.0722. The van der Waals surface area contributed by atoms with E-state index in [1.807, 2.05) is 39.8 Å². The monoisotopic (exact) mass is 800 g/mol. The van der Waals surface area contributed by atoms with Gasteiger partial charge in [0.1, 0.15) is 34.5 Å². The number of hydrogen-bond acceptors (Lipinski definition) is 10. The molecule has 6 heterocycles. The Bertz CT molecular complexity index is 2720. The topological polar surface area (TPSA) is 86.7 Å². The van der Waals surface area contributed by atoms with E-state index in [-0.39, 0.29) is 22.3 Å². The summed E-state index contributed by atoms with van der Waals surface area (Å²) in [4.78, 5) is 55.9. The van der Waals surface area contributed by atoms with Crippen LogP contribution in [0.15, 0.2) is 36.4 Å². The van der Waals surface area contributed by atoms with Gasteiger partial charge in [0, 0.05) is 55.3 Å². The quantitative estimate of drug-likeness (QED) is 0.0985. The normalized spacial score (nSPS) is 18.8. The molecule has 268 valence electrons. The lowest BCUT2D eigenvalue weighted by atomic mass is 9.94. The standard InChI is InChI=1S/C40H20F4O6S4/c1-39(2)21-11-15(9-19-17-5-13(41)7-23(43)25(17)29(47)27(19)45)51-33(21)35-31(49-39)37-38(53-35)32-36(54-37)34-22(40(3,4)50-32)12-16(52-34)10-20-18-6-14(42)8-24(44)26(18)30(48)28(20)46/h5-12H,1-4H3/b19-9-,20-10-. The van der Waals surface area contributed by atoms with Crippen LogP contribution in [0.4, 0.5) is 17.6 Å². The number of fused-ring (bicyclic) bond motifs is 11. The van der Waals surface area contributed by atoms with Crippen LogP contribution in [-0.4, -0.2) is 23.1 Å². The van der Waals surface area contributed by atoms with Gasteiger partial charge in [-0.15, -0.1) is 45.3 Å². The maximum absolute atomic E-state index is 14.5. The van der Waals surface area contributed by atoms with Crippen LogP contribution >= 0.6 is 45.3 Å². The summed E-state index contributed by atoms with van der Waals surface area (Å²) < 4.78 is 72.5. The first-order valence-electron chi connectivity index (χ1n) is 16.4. The number of allylic oxidation sites excluding steroid dienone is 2. The molecule has 4 aromatic heterocycles. The molecular weight excluding hydrogens is 781 g/mol. The van der Waals surface area contributed by atoms with E-state index >= 15 is 0 Å². The SMILES string of the molecule is CC1(C)Oc2c(sc3c4c(sc23)-c2sc(/C=C3\C(=O)C(=O)c5c(F)cc(F)cc53)cc2C(C)(C)O4)-c2sc(/C=C3\C(=O)C(=O)c4c(F)cc(F)cc43)cc21. The van der Waals surface area contributed by atoms with Gasteiger partial charge in [0.05, 0.1) is 40.0 Å². The Morgan fingerprint density at radius 3 is 1.30 bits per heavy atom. The number of thiophene rings is 4. The van der Waals surface area contributed by atoms with Crippen LogP contribution in [0.1, 0.15) is 80.4 Å². The first kappa shape index (κ1) is 33.5. The minimum atomic E-state index is -1.08. The van der Waals surface area contributed by atoms with E-state index in [4.69, 9.17) is 9.47 Å². The molecule has 10 rings (SSSR count). The maximum atomic E-state index is 14.5. The maximum Gasteiger partial charge on any atom is 0.237 e. The number of carbonyl (C=O) groups excluding carboxylic acids is 4. The highest BCUT2D eigenvalue weighted by Crippen LogP contribution is 2.64. The third kappa shape index (κ3) is 4.48. The molecule has 0 radical (unpaired) electrons. The lowest BCUT2D eigenvalue weighted by molar-refractivity contribution is -0.110. The summed E-state index contributed by atoms with van der Waals surface area (Å²) in [7, 11) is 0. The summed E-state index contributed by atoms with van der Waals surface area (Å²) in [5.41, 5.74) is -1.11. The molecule has 0 saturated carbocycles. The molecule has 6 nitrogen and oxygen atoms in total. The highest BCUT2D eigenvalue weighted by atomic mass is 32.1. The van der Waals surface area contributed by atoms with E-state index in [9.17, 15) is 36.7 Å². The molecule has 54 heavy (non-hydrogen) atoms. The van der Waals surface area contributed by atoms with Crippen molar-refractivity contribution >= 4 is 101 Å². The van der Waals surface area contributed by atoms with Gasteiger partial charge >= 0.3 is 0 Å². The Hall–Kier alpha value is -5.02. The number of halogens is 4. The van der Waals surface area contributed by atoms with Crippen molar-refractivity contribution in [1.29, 1.82) is 0 Å². The number of Topliss-reactive ketones (excluding diaryl/α,β-unsaturated/α-hetero) is 4. The molecule has 0 saturated heterocycles. The summed E-state index contributed by atoms with van der Waals surface area (Å²) in [5, 5.41) is 0. The number of hydrogen-bond donors (Lipinski definition) is 0. The second kappa shape index (κ2) is 10.8.